The molecule has 3 rings (SSSR count). The molecule has 0 aliphatic carbocycles. The highest BCUT2D eigenvalue weighted by Crippen LogP contribution is 2.18. The number of benzene rings is 1. The lowest BCUT2D eigenvalue weighted by atomic mass is 10.2. The Morgan fingerprint density at radius 3 is 2.59 bits per heavy atom. The maximum atomic E-state index is 12.6. The molecule has 0 radical (unpaired) electrons. The molecule has 1 N–H and O–H groups in total. The molecule has 1 aromatic heterocycles. The lowest BCUT2D eigenvalue weighted by Crippen LogP contribution is -2.53. The first-order chi connectivity index (χ1) is 14.0. The number of amides is 1. The summed E-state index contributed by atoms with van der Waals surface area (Å²) >= 11 is 3.42. The Kier molecular flexibility index (Phi) is 7.22. The highest BCUT2D eigenvalue weighted by molar-refractivity contribution is 9.10. The summed E-state index contributed by atoms with van der Waals surface area (Å²) in [5, 5.41) is 2.97. The monoisotopic (exact) mass is 460 g/mol. The number of aromatic nitrogens is 1. The largest absolute Gasteiger partial charge is 0.462 e. The van der Waals surface area contributed by atoms with Crippen molar-refractivity contribution in [1.29, 1.82) is 0 Å². The summed E-state index contributed by atoms with van der Waals surface area (Å²) < 4.78 is 5.91. The second kappa shape index (κ2) is 9.84. The molecule has 8 heteroatoms. The molecule has 154 valence electrons. The van der Waals surface area contributed by atoms with Crippen LogP contribution in [-0.2, 0) is 9.53 Å². The molecule has 2 aromatic rings. The van der Waals surface area contributed by atoms with Gasteiger partial charge >= 0.3 is 5.97 Å². The van der Waals surface area contributed by atoms with Crippen LogP contribution < -0.4 is 10.2 Å². The minimum absolute atomic E-state index is 0.0199. The molecule has 1 atom stereocenters. The van der Waals surface area contributed by atoms with Crippen LogP contribution in [0.5, 0.6) is 0 Å². The number of anilines is 2. The molecule has 0 spiro atoms. The number of halogens is 1. The van der Waals surface area contributed by atoms with E-state index in [4.69, 9.17) is 4.74 Å². The molecule has 7 nitrogen and oxygen atoms in total. The SMILES string of the molecule is CCOC(=O)c1ccc(N2CCN([C@H](C)C(=O)Nc3cccc(Br)c3)CC2)nc1. The number of carbonyl (C=O) groups excluding carboxylic acids is 2. The molecule has 1 amide bonds. The van der Waals surface area contributed by atoms with E-state index in [1.807, 2.05) is 37.3 Å². The molecule has 1 saturated heterocycles. The zero-order chi connectivity index (χ0) is 20.8. The standard InChI is InChI=1S/C21H25BrN4O3/c1-3-29-21(28)16-7-8-19(23-14-16)26-11-9-25(10-12-26)15(2)20(27)24-18-6-4-5-17(22)13-18/h4-8,13-15H,3,9-12H2,1-2H3,(H,24,27)/t15-/m1/s1. The summed E-state index contributed by atoms with van der Waals surface area (Å²) in [6.07, 6.45) is 1.55. The third kappa shape index (κ3) is 5.55. The minimum Gasteiger partial charge on any atom is -0.462 e. The van der Waals surface area contributed by atoms with Gasteiger partial charge in [-0.1, -0.05) is 22.0 Å². The predicted octanol–water partition coefficient (Wildman–Crippen LogP) is 3.17. The summed E-state index contributed by atoms with van der Waals surface area (Å²) in [6.45, 7) is 7.09. The Morgan fingerprint density at radius 2 is 1.97 bits per heavy atom. The number of pyridine rings is 1. The van der Waals surface area contributed by atoms with Crippen LogP contribution in [0.2, 0.25) is 0 Å². The van der Waals surface area contributed by atoms with Gasteiger partial charge in [0.15, 0.2) is 0 Å². The molecular formula is C21H25BrN4O3. The van der Waals surface area contributed by atoms with Gasteiger partial charge in [0.05, 0.1) is 18.2 Å². The summed E-state index contributed by atoms with van der Waals surface area (Å²) in [5.41, 5.74) is 1.23. The van der Waals surface area contributed by atoms with Gasteiger partial charge in [0, 0.05) is 42.5 Å². The molecule has 29 heavy (non-hydrogen) atoms. The fourth-order valence-corrected chi connectivity index (χ4v) is 3.62. The molecular weight excluding hydrogens is 436 g/mol. The quantitative estimate of drug-likeness (QED) is 0.667. The van der Waals surface area contributed by atoms with Gasteiger partial charge in [0.2, 0.25) is 5.91 Å². The maximum absolute atomic E-state index is 12.6. The molecule has 0 unspecified atom stereocenters. The van der Waals surface area contributed by atoms with E-state index in [1.54, 1.807) is 19.2 Å². The summed E-state index contributed by atoms with van der Waals surface area (Å²) in [5.74, 6) is 0.444. The van der Waals surface area contributed by atoms with Crippen LogP contribution in [0, 0.1) is 0 Å². The Morgan fingerprint density at radius 1 is 1.21 bits per heavy atom. The van der Waals surface area contributed by atoms with Crippen molar-refractivity contribution in [2.24, 2.45) is 0 Å². The van der Waals surface area contributed by atoms with Crippen LogP contribution in [0.3, 0.4) is 0 Å². The number of ether oxygens (including phenoxy) is 1. The summed E-state index contributed by atoms with van der Waals surface area (Å²) in [4.78, 5) is 33.1. The van der Waals surface area contributed by atoms with Crippen molar-refractivity contribution >= 4 is 39.3 Å². The summed E-state index contributed by atoms with van der Waals surface area (Å²) in [6, 6.07) is 10.9. The molecule has 0 bridgehead atoms. The molecule has 1 aliphatic heterocycles. The van der Waals surface area contributed by atoms with Gasteiger partial charge in [-0.15, -0.1) is 0 Å². The smallest absolute Gasteiger partial charge is 0.339 e. The van der Waals surface area contributed by atoms with Crippen molar-refractivity contribution in [2.45, 2.75) is 19.9 Å². The van der Waals surface area contributed by atoms with Gasteiger partial charge < -0.3 is 15.0 Å². The average molecular weight is 461 g/mol. The fourth-order valence-electron chi connectivity index (χ4n) is 3.23. The van der Waals surface area contributed by atoms with Crippen LogP contribution >= 0.6 is 15.9 Å². The van der Waals surface area contributed by atoms with E-state index >= 15 is 0 Å². The number of piperazine rings is 1. The second-order valence-electron chi connectivity index (χ2n) is 6.82. The van der Waals surface area contributed by atoms with Crippen LogP contribution in [0.15, 0.2) is 47.1 Å². The highest BCUT2D eigenvalue weighted by atomic mass is 79.9. The molecule has 1 aliphatic rings. The van der Waals surface area contributed by atoms with Crippen molar-refractivity contribution in [1.82, 2.24) is 9.88 Å². The van der Waals surface area contributed by atoms with E-state index in [-0.39, 0.29) is 17.9 Å². The van der Waals surface area contributed by atoms with E-state index in [2.05, 4.69) is 36.0 Å². The average Bonchev–Trinajstić information content (AvgIpc) is 2.73. The van der Waals surface area contributed by atoms with Crippen molar-refractivity contribution < 1.29 is 14.3 Å². The predicted molar refractivity (Wildman–Crippen MR) is 116 cm³/mol. The normalized spacial score (nSPS) is 15.6. The van der Waals surface area contributed by atoms with Crippen LogP contribution in [-0.4, -0.2) is 60.6 Å². The van der Waals surface area contributed by atoms with Gasteiger partial charge in [-0.05, 0) is 44.2 Å². The number of esters is 1. The molecule has 1 fully saturated rings. The van der Waals surface area contributed by atoms with Crippen LogP contribution in [0.1, 0.15) is 24.2 Å². The Bertz CT molecular complexity index is 851. The first kappa shape index (κ1) is 21.3. The zero-order valence-corrected chi connectivity index (χ0v) is 18.2. The minimum atomic E-state index is -0.360. The van der Waals surface area contributed by atoms with Gasteiger partial charge in [0.25, 0.3) is 0 Å². The van der Waals surface area contributed by atoms with E-state index in [0.717, 1.165) is 42.2 Å². The third-order valence-electron chi connectivity index (χ3n) is 4.92. The van der Waals surface area contributed by atoms with Crippen LogP contribution in [0.25, 0.3) is 0 Å². The molecule has 1 aromatic carbocycles. The Labute approximate surface area is 179 Å². The molecule has 0 saturated carbocycles. The maximum Gasteiger partial charge on any atom is 0.339 e. The van der Waals surface area contributed by atoms with Crippen molar-refractivity contribution in [2.75, 3.05) is 43.0 Å². The second-order valence-corrected chi connectivity index (χ2v) is 7.74. The van der Waals surface area contributed by atoms with Crippen molar-refractivity contribution in [3.05, 3.63) is 52.6 Å². The van der Waals surface area contributed by atoms with Crippen LogP contribution in [0.4, 0.5) is 11.5 Å². The van der Waals surface area contributed by atoms with Gasteiger partial charge in [-0.2, -0.15) is 0 Å². The van der Waals surface area contributed by atoms with E-state index in [9.17, 15) is 9.59 Å². The number of rotatable bonds is 6. The first-order valence-electron chi connectivity index (χ1n) is 9.66. The van der Waals surface area contributed by atoms with E-state index < -0.39 is 0 Å². The number of nitrogens with one attached hydrogen (secondary N) is 1. The lowest BCUT2D eigenvalue weighted by molar-refractivity contribution is -0.120. The number of nitrogens with zero attached hydrogens (tertiary/aromatic N) is 3. The highest BCUT2D eigenvalue weighted by Gasteiger charge is 2.26. The first-order valence-corrected chi connectivity index (χ1v) is 10.5. The number of hydrogen-bond donors (Lipinski definition) is 1. The van der Waals surface area contributed by atoms with E-state index in [0.29, 0.717) is 12.2 Å². The Hall–Kier alpha value is -2.45. The third-order valence-corrected chi connectivity index (χ3v) is 5.41. The topological polar surface area (TPSA) is 74.8 Å². The van der Waals surface area contributed by atoms with Crippen molar-refractivity contribution in [3.8, 4) is 0 Å². The number of hydrogen-bond acceptors (Lipinski definition) is 6. The summed E-state index contributed by atoms with van der Waals surface area (Å²) in [7, 11) is 0. The zero-order valence-electron chi connectivity index (χ0n) is 16.6. The molecule has 2 heterocycles. The van der Waals surface area contributed by atoms with E-state index in [1.165, 1.54) is 0 Å². The lowest BCUT2D eigenvalue weighted by Gasteiger charge is -2.38. The van der Waals surface area contributed by atoms with Gasteiger partial charge in [0.1, 0.15) is 5.82 Å². The van der Waals surface area contributed by atoms with Gasteiger partial charge in [-0.3, -0.25) is 9.69 Å². The van der Waals surface area contributed by atoms with Crippen molar-refractivity contribution in [3.63, 3.8) is 0 Å². The Balaban J connectivity index is 1.53. The number of carbonyl (C=O) groups is 2. The fraction of sp³-hybridized carbons (Fsp3) is 0.381. The van der Waals surface area contributed by atoms with Gasteiger partial charge in [-0.25, -0.2) is 9.78 Å².